The molecule has 25 heavy (non-hydrogen) atoms. The molecule has 1 fully saturated rings. The summed E-state index contributed by atoms with van der Waals surface area (Å²) in [6.45, 7) is 6.23. The highest BCUT2D eigenvalue weighted by Crippen LogP contribution is 2.31. The lowest BCUT2D eigenvalue weighted by molar-refractivity contribution is -0.125. The van der Waals surface area contributed by atoms with Crippen molar-refractivity contribution < 1.29 is 18.8 Å². The van der Waals surface area contributed by atoms with Crippen molar-refractivity contribution in [1.82, 2.24) is 10.2 Å². The summed E-state index contributed by atoms with van der Waals surface area (Å²) in [5, 5.41) is 2.35. The average molecular weight is 364 g/mol. The highest BCUT2D eigenvalue weighted by molar-refractivity contribution is 8.18. The Labute approximate surface area is 150 Å². The van der Waals surface area contributed by atoms with Crippen molar-refractivity contribution in [2.24, 2.45) is 5.41 Å². The predicted molar refractivity (Wildman–Crippen MR) is 96.2 cm³/mol. The van der Waals surface area contributed by atoms with E-state index in [4.69, 9.17) is 0 Å². The van der Waals surface area contributed by atoms with Gasteiger partial charge in [-0.1, -0.05) is 32.9 Å². The SMILES string of the molecule is CC(C)(C)CC(=O)NCCN1C(=O)S/C(=C\c2ccc(F)cc2)C1=O. The van der Waals surface area contributed by atoms with Crippen LogP contribution in [0.15, 0.2) is 29.2 Å². The van der Waals surface area contributed by atoms with Gasteiger partial charge in [0.2, 0.25) is 5.91 Å². The van der Waals surface area contributed by atoms with Gasteiger partial charge in [0, 0.05) is 19.5 Å². The fourth-order valence-corrected chi connectivity index (χ4v) is 3.12. The Bertz CT molecular complexity index is 708. The Morgan fingerprint density at radius 3 is 2.48 bits per heavy atom. The molecular formula is C18H21FN2O3S. The van der Waals surface area contributed by atoms with Crippen molar-refractivity contribution >= 4 is 34.9 Å². The molecule has 5 nitrogen and oxygen atoms in total. The number of imide groups is 1. The van der Waals surface area contributed by atoms with E-state index in [1.54, 1.807) is 6.08 Å². The van der Waals surface area contributed by atoms with E-state index >= 15 is 0 Å². The summed E-state index contributed by atoms with van der Waals surface area (Å²) in [4.78, 5) is 37.5. The van der Waals surface area contributed by atoms with Crippen molar-refractivity contribution in [2.75, 3.05) is 13.1 Å². The van der Waals surface area contributed by atoms with Crippen LogP contribution < -0.4 is 5.32 Å². The van der Waals surface area contributed by atoms with Crippen LogP contribution in [0, 0.1) is 11.2 Å². The van der Waals surface area contributed by atoms with E-state index in [1.165, 1.54) is 24.3 Å². The maximum Gasteiger partial charge on any atom is 0.293 e. The van der Waals surface area contributed by atoms with Gasteiger partial charge in [-0.25, -0.2) is 4.39 Å². The van der Waals surface area contributed by atoms with Crippen LogP contribution in [0.4, 0.5) is 9.18 Å². The maximum absolute atomic E-state index is 12.9. The van der Waals surface area contributed by atoms with Crippen molar-refractivity contribution in [3.8, 4) is 0 Å². The number of amides is 3. The van der Waals surface area contributed by atoms with Gasteiger partial charge in [-0.15, -0.1) is 0 Å². The molecule has 0 aromatic heterocycles. The molecule has 134 valence electrons. The molecule has 0 radical (unpaired) electrons. The lowest BCUT2D eigenvalue weighted by atomic mass is 9.92. The van der Waals surface area contributed by atoms with Gasteiger partial charge < -0.3 is 5.32 Å². The first-order valence-corrected chi connectivity index (χ1v) is 8.75. The monoisotopic (exact) mass is 364 g/mol. The molecule has 0 bridgehead atoms. The van der Waals surface area contributed by atoms with Gasteiger partial charge in [-0.3, -0.25) is 19.3 Å². The summed E-state index contributed by atoms with van der Waals surface area (Å²) in [6, 6.07) is 5.66. The molecule has 1 heterocycles. The summed E-state index contributed by atoms with van der Waals surface area (Å²) >= 11 is 0.842. The number of halogens is 1. The lowest BCUT2D eigenvalue weighted by Gasteiger charge is -2.18. The Balaban J connectivity index is 1.93. The van der Waals surface area contributed by atoms with E-state index in [-0.39, 0.29) is 40.4 Å². The van der Waals surface area contributed by atoms with Crippen LogP contribution in [0.25, 0.3) is 6.08 Å². The van der Waals surface area contributed by atoms with Gasteiger partial charge >= 0.3 is 0 Å². The van der Waals surface area contributed by atoms with Crippen molar-refractivity contribution in [3.05, 3.63) is 40.6 Å². The zero-order chi connectivity index (χ0) is 18.6. The third kappa shape index (κ3) is 5.70. The highest BCUT2D eigenvalue weighted by Gasteiger charge is 2.34. The van der Waals surface area contributed by atoms with E-state index < -0.39 is 5.91 Å². The third-order valence-corrected chi connectivity index (χ3v) is 4.30. The topological polar surface area (TPSA) is 66.5 Å². The fourth-order valence-electron chi connectivity index (χ4n) is 2.25. The first-order chi connectivity index (χ1) is 11.7. The number of thioether (sulfide) groups is 1. The van der Waals surface area contributed by atoms with E-state index in [0.29, 0.717) is 12.0 Å². The van der Waals surface area contributed by atoms with Crippen molar-refractivity contribution in [1.29, 1.82) is 0 Å². The molecule has 0 unspecified atom stereocenters. The number of hydrogen-bond donors (Lipinski definition) is 1. The molecular weight excluding hydrogens is 343 g/mol. The van der Waals surface area contributed by atoms with Crippen molar-refractivity contribution in [3.63, 3.8) is 0 Å². The largest absolute Gasteiger partial charge is 0.354 e. The lowest BCUT2D eigenvalue weighted by Crippen LogP contribution is -2.38. The molecule has 0 aliphatic carbocycles. The molecule has 0 atom stereocenters. The quantitative estimate of drug-likeness (QED) is 0.813. The summed E-state index contributed by atoms with van der Waals surface area (Å²) in [5.74, 6) is -0.873. The summed E-state index contributed by atoms with van der Waals surface area (Å²) in [7, 11) is 0. The second-order valence-electron chi connectivity index (χ2n) is 6.97. The van der Waals surface area contributed by atoms with Crippen LogP contribution in [0.5, 0.6) is 0 Å². The molecule has 1 aromatic carbocycles. The standard InChI is InChI=1S/C18H21FN2O3S/c1-18(2,3)11-15(22)20-8-9-21-16(23)14(25-17(21)24)10-12-4-6-13(19)7-5-12/h4-7,10H,8-9,11H2,1-3H3,(H,20,22)/b14-10-. The zero-order valence-corrected chi connectivity index (χ0v) is 15.3. The van der Waals surface area contributed by atoms with Crippen LogP contribution in [-0.2, 0) is 9.59 Å². The van der Waals surface area contributed by atoms with Crippen LogP contribution in [-0.4, -0.2) is 35.0 Å². The molecule has 1 aliphatic rings. The summed E-state index contributed by atoms with van der Waals surface area (Å²) < 4.78 is 12.9. The second kappa shape index (κ2) is 7.82. The van der Waals surface area contributed by atoms with E-state index in [0.717, 1.165) is 16.7 Å². The number of hydrogen-bond acceptors (Lipinski definition) is 4. The predicted octanol–water partition coefficient (Wildman–Crippen LogP) is 3.41. The normalized spacial score (nSPS) is 16.6. The molecule has 7 heteroatoms. The van der Waals surface area contributed by atoms with Crippen LogP contribution >= 0.6 is 11.8 Å². The number of nitrogens with zero attached hydrogens (tertiary/aromatic N) is 1. The smallest absolute Gasteiger partial charge is 0.293 e. The highest BCUT2D eigenvalue weighted by atomic mass is 32.2. The molecule has 2 rings (SSSR count). The van der Waals surface area contributed by atoms with Gasteiger partial charge in [0.25, 0.3) is 11.1 Å². The minimum atomic E-state index is -0.399. The minimum absolute atomic E-state index is 0.110. The molecule has 0 saturated carbocycles. The molecule has 1 saturated heterocycles. The summed E-state index contributed by atoms with van der Waals surface area (Å²) in [6.07, 6.45) is 1.93. The number of carbonyl (C=O) groups excluding carboxylic acids is 3. The van der Waals surface area contributed by atoms with Gasteiger partial charge in [-0.2, -0.15) is 0 Å². The van der Waals surface area contributed by atoms with Gasteiger partial charge in [0.15, 0.2) is 0 Å². The third-order valence-electron chi connectivity index (χ3n) is 3.39. The summed E-state index contributed by atoms with van der Waals surface area (Å²) in [5.41, 5.74) is 0.523. The Morgan fingerprint density at radius 2 is 1.88 bits per heavy atom. The molecule has 1 aromatic rings. The minimum Gasteiger partial charge on any atom is -0.354 e. The number of rotatable bonds is 5. The molecule has 1 aliphatic heterocycles. The van der Waals surface area contributed by atoms with Crippen LogP contribution in [0.3, 0.4) is 0 Å². The van der Waals surface area contributed by atoms with Crippen LogP contribution in [0.1, 0.15) is 32.8 Å². The van der Waals surface area contributed by atoms with E-state index in [2.05, 4.69) is 5.32 Å². The number of nitrogens with one attached hydrogen (secondary N) is 1. The number of benzene rings is 1. The van der Waals surface area contributed by atoms with Gasteiger partial charge in [0.1, 0.15) is 5.82 Å². The first kappa shape index (κ1) is 19.2. The average Bonchev–Trinajstić information content (AvgIpc) is 2.75. The van der Waals surface area contributed by atoms with Crippen LogP contribution in [0.2, 0.25) is 0 Å². The van der Waals surface area contributed by atoms with E-state index in [1.807, 2.05) is 20.8 Å². The Morgan fingerprint density at radius 1 is 1.24 bits per heavy atom. The van der Waals surface area contributed by atoms with Gasteiger partial charge in [0.05, 0.1) is 4.91 Å². The zero-order valence-electron chi connectivity index (χ0n) is 14.5. The first-order valence-electron chi connectivity index (χ1n) is 7.93. The van der Waals surface area contributed by atoms with Crippen molar-refractivity contribution in [2.45, 2.75) is 27.2 Å². The second-order valence-corrected chi connectivity index (χ2v) is 7.97. The fraction of sp³-hybridized carbons (Fsp3) is 0.389. The molecule has 1 N–H and O–H groups in total. The van der Waals surface area contributed by atoms with Gasteiger partial charge in [-0.05, 0) is 40.9 Å². The van der Waals surface area contributed by atoms with E-state index in [9.17, 15) is 18.8 Å². The Kier molecular flexibility index (Phi) is 6.00. The Hall–Kier alpha value is -2.15. The number of carbonyl (C=O) groups is 3. The molecule has 3 amide bonds. The molecule has 0 spiro atoms. The maximum atomic E-state index is 12.9.